The molecule has 0 radical (unpaired) electrons. The van der Waals surface area contributed by atoms with Gasteiger partial charge in [-0.25, -0.2) is 9.78 Å². The minimum absolute atomic E-state index is 0.157. The molecular formula is C18H28N4O2. The quantitative estimate of drug-likeness (QED) is 0.888. The Morgan fingerprint density at radius 2 is 2.08 bits per heavy atom. The standard InChI is InChI=1S/C18H28N4O2/c1-13-9-14(2)19-17(10-13)21-18(23)20-16-3-6-22(7-4-16)11-15-5-8-24-12-15/h9-10,15-16H,3-8,11-12H2,1-2H3,(H2,19,20,21,23)/t15-/m1/s1. The fourth-order valence-electron chi connectivity index (χ4n) is 3.60. The lowest BCUT2D eigenvalue weighted by atomic mass is 10.0. The molecule has 132 valence electrons. The van der Waals surface area contributed by atoms with Gasteiger partial charge in [-0.1, -0.05) is 0 Å². The molecule has 0 bridgehead atoms. The van der Waals surface area contributed by atoms with Gasteiger partial charge in [-0.3, -0.25) is 5.32 Å². The normalized spacial score (nSPS) is 22.5. The average molecular weight is 332 g/mol. The zero-order chi connectivity index (χ0) is 16.9. The van der Waals surface area contributed by atoms with Crippen LogP contribution in [-0.4, -0.2) is 54.8 Å². The third-order valence-corrected chi connectivity index (χ3v) is 4.80. The van der Waals surface area contributed by atoms with E-state index >= 15 is 0 Å². The third-order valence-electron chi connectivity index (χ3n) is 4.80. The average Bonchev–Trinajstić information content (AvgIpc) is 3.01. The van der Waals surface area contributed by atoms with Crippen molar-refractivity contribution >= 4 is 11.8 Å². The van der Waals surface area contributed by atoms with Crippen molar-refractivity contribution in [3.05, 3.63) is 23.4 Å². The number of hydrogen-bond acceptors (Lipinski definition) is 4. The number of nitrogens with one attached hydrogen (secondary N) is 2. The van der Waals surface area contributed by atoms with E-state index in [1.165, 1.54) is 6.42 Å². The van der Waals surface area contributed by atoms with Crippen LogP contribution in [0.1, 0.15) is 30.5 Å². The first kappa shape index (κ1) is 17.2. The molecule has 0 spiro atoms. The number of likely N-dealkylation sites (tertiary alicyclic amines) is 1. The van der Waals surface area contributed by atoms with Gasteiger partial charge in [0, 0.05) is 38.0 Å². The highest BCUT2D eigenvalue weighted by atomic mass is 16.5. The van der Waals surface area contributed by atoms with E-state index < -0.39 is 0 Å². The fraction of sp³-hybridized carbons (Fsp3) is 0.667. The van der Waals surface area contributed by atoms with Gasteiger partial charge in [-0.05, 0) is 56.7 Å². The minimum atomic E-state index is -0.157. The first-order valence-corrected chi connectivity index (χ1v) is 8.91. The highest BCUT2D eigenvalue weighted by molar-refractivity contribution is 5.88. The number of ether oxygens (including phenoxy) is 1. The number of anilines is 1. The van der Waals surface area contributed by atoms with Gasteiger partial charge in [0.25, 0.3) is 0 Å². The minimum Gasteiger partial charge on any atom is -0.381 e. The van der Waals surface area contributed by atoms with E-state index in [0.717, 1.165) is 56.9 Å². The molecule has 3 rings (SSSR count). The van der Waals surface area contributed by atoms with E-state index in [1.54, 1.807) is 0 Å². The molecule has 0 saturated carbocycles. The summed E-state index contributed by atoms with van der Waals surface area (Å²) in [6, 6.07) is 3.97. The largest absolute Gasteiger partial charge is 0.381 e. The molecular weight excluding hydrogens is 304 g/mol. The van der Waals surface area contributed by atoms with Crippen molar-refractivity contribution in [3.8, 4) is 0 Å². The van der Waals surface area contributed by atoms with Crippen LogP contribution in [0.15, 0.2) is 12.1 Å². The lowest BCUT2D eigenvalue weighted by Gasteiger charge is -2.33. The molecule has 2 aliphatic heterocycles. The molecule has 2 N–H and O–H groups in total. The SMILES string of the molecule is Cc1cc(C)nc(NC(=O)NC2CCN(C[C@H]3CCOC3)CC2)c1. The van der Waals surface area contributed by atoms with Gasteiger partial charge in [0.1, 0.15) is 5.82 Å². The highest BCUT2D eigenvalue weighted by Crippen LogP contribution is 2.18. The van der Waals surface area contributed by atoms with Crippen molar-refractivity contribution in [2.75, 3.05) is 38.2 Å². The summed E-state index contributed by atoms with van der Waals surface area (Å²) in [7, 11) is 0. The van der Waals surface area contributed by atoms with Gasteiger partial charge in [0.15, 0.2) is 0 Å². The molecule has 2 fully saturated rings. The number of aromatic nitrogens is 1. The summed E-state index contributed by atoms with van der Waals surface area (Å²) in [6.45, 7) is 8.97. The van der Waals surface area contributed by atoms with Crippen LogP contribution in [0.25, 0.3) is 0 Å². The van der Waals surface area contributed by atoms with E-state index in [9.17, 15) is 4.79 Å². The fourth-order valence-corrected chi connectivity index (χ4v) is 3.60. The Bertz CT molecular complexity index is 544. The number of piperidine rings is 1. The summed E-state index contributed by atoms with van der Waals surface area (Å²) in [6.07, 6.45) is 3.19. The Kier molecular flexibility index (Phi) is 5.68. The zero-order valence-electron chi connectivity index (χ0n) is 14.7. The van der Waals surface area contributed by atoms with Crippen LogP contribution >= 0.6 is 0 Å². The predicted octanol–water partition coefficient (Wildman–Crippen LogP) is 2.32. The van der Waals surface area contributed by atoms with Gasteiger partial charge in [0.05, 0.1) is 6.61 Å². The van der Waals surface area contributed by atoms with Crippen LogP contribution < -0.4 is 10.6 Å². The molecule has 6 heteroatoms. The molecule has 0 unspecified atom stereocenters. The summed E-state index contributed by atoms with van der Waals surface area (Å²) in [5.41, 5.74) is 2.01. The molecule has 0 aliphatic carbocycles. The highest BCUT2D eigenvalue weighted by Gasteiger charge is 2.24. The van der Waals surface area contributed by atoms with E-state index in [1.807, 2.05) is 26.0 Å². The summed E-state index contributed by atoms with van der Waals surface area (Å²) in [5.74, 6) is 1.30. The van der Waals surface area contributed by atoms with Gasteiger partial charge in [-0.15, -0.1) is 0 Å². The second-order valence-electron chi connectivity index (χ2n) is 7.07. The maximum absolute atomic E-state index is 12.2. The van der Waals surface area contributed by atoms with Crippen LogP contribution in [0.5, 0.6) is 0 Å². The van der Waals surface area contributed by atoms with Gasteiger partial charge >= 0.3 is 6.03 Å². The second-order valence-corrected chi connectivity index (χ2v) is 7.07. The van der Waals surface area contributed by atoms with Crippen LogP contribution in [0.4, 0.5) is 10.6 Å². The van der Waals surface area contributed by atoms with Crippen molar-refractivity contribution in [3.63, 3.8) is 0 Å². The van der Waals surface area contributed by atoms with E-state index in [-0.39, 0.29) is 12.1 Å². The number of amides is 2. The van der Waals surface area contributed by atoms with E-state index in [2.05, 4.69) is 20.5 Å². The molecule has 3 heterocycles. The number of carbonyl (C=O) groups is 1. The van der Waals surface area contributed by atoms with Gasteiger partial charge in [-0.2, -0.15) is 0 Å². The number of nitrogens with zero attached hydrogens (tertiary/aromatic N) is 2. The number of urea groups is 1. The number of hydrogen-bond donors (Lipinski definition) is 2. The summed E-state index contributed by atoms with van der Waals surface area (Å²) in [4.78, 5) is 19.0. The molecule has 0 aromatic carbocycles. The van der Waals surface area contributed by atoms with Crippen molar-refractivity contribution < 1.29 is 9.53 Å². The topological polar surface area (TPSA) is 66.5 Å². The van der Waals surface area contributed by atoms with Crippen molar-refractivity contribution in [2.45, 2.75) is 39.2 Å². The molecule has 2 amide bonds. The van der Waals surface area contributed by atoms with E-state index in [4.69, 9.17) is 4.74 Å². The Morgan fingerprint density at radius 3 is 2.75 bits per heavy atom. The molecule has 1 aromatic heterocycles. The van der Waals surface area contributed by atoms with Crippen molar-refractivity contribution in [1.29, 1.82) is 0 Å². The Morgan fingerprint density at radius 1 is 1.29 bits per heavy atom. The lowest BCUT2D eigenvalue weighted by molar-refractivity contribution is 0.148. The number of carbonyl (C=O) groups excluding carboxylic acids is 1. The molecule has 1 aromatic rings. The Labute approximate surface area is 144 Å². The van der Waals surface area contributed by atoms with Crippen molar-refractivity contribution in [2.24, 2.45) is 5.92 Å². The van der Waals surface area contributed by atoms with Gasteiger partial charge < -0.3 is 15.0 Å². The van der Waals surface area contributed by atoms with Crippen LogP contribution in [0, 0.1) is 19.8 Å². The second kappa shape index (κ2) is 7.94. The predicted molar refractivity (Wildman–Crippen MR) is 94.3 cm³/mol. The maximum Gasteiger partial charge on any atom is 0.320 e. The van der Waals surface area contributed by atoms with E-state index in [0.29, 0.717) is 11.7 Å². The molecule has 24 heavy (non-hydrogen) atoms. The van der Waals surface area contributed by atoms with Gasteiger partial charge in [0.2, 0.25) is 0 Å². The molecule has 6 nitrogen and oxygen atoms in total. The smallest absolute Gasteiger partial charge is 0.320 e. The van der Waals surface area contributed by atoms with Crippen LogP contribution in [-0.2, 0) is 4.74 Å². The Hall–Kier alpha value is -1.66. The maximum atomic E-state index is 12.2. The molecule has 2 saturated heterocycles. The first-order chi connectivity index (χ1) is 11.6. The number of pyridine rings is 1. The van der Waals surface area contributed by atoms with Crippen LogP contribution in [0.3, 0.4) is 0 Å². The van der Waals surface area contributed by atoms with Crippen molar-refractivity contribution in [1.82, 2.24) is 15.2 Å². The van der Waals surface area contributed by atoms with Crippen LogP contribution in [0.2, 0.25) is 0 Å². The summed E-state index contributed by atoms with van der Waals surface area (Å²) < 4.78 is 5.45. The molecule has 2 aliphatic rings. The monoisotopic (exact) mass is 332 g/mol. The summed E-state index contributed by atoms with van der Waals surface area (Å²) in [5, 5.41) is 5.93. The Balaban J connectivity index is 1.41. The number of aryl methyl sites for hydroxylation is 2. The zero-order valence-corrected chi connectivity index (χ0v) is 14.7. The summed E-state index contributed by atoms with van der Waals surface area (Å²) >= 11 is 0. The lowest BCUT2D eigenvalue weighted by Crippen LogP contribution is -2.47. The third kappa shape index (κ3) is 4.92. The molecule has 1 atom stereocenters. The first-order valence-electron chi connectivity index (χ1n) is 8.91. The number of rotatable bonds is 4.